The van der Waals surface area contributed by atoms with Crippen molar-refractivity contribution in [1.82, 2.24) is 15.3 Å². The van der Waals surface area contributed by atoms with Crippen LogP contribution < -0.4 is 10.2 Å². The second-order valence-corrected chi connectivity index (χ2v) is 7.79. The second kappa shape index (κ2) is 10.0. The Kier molecular flexibility index (Phi) is 6.70. The van der Waals surface area contributed by atoms with Crippen molar-refractivity contribution in [2.45, 2.75) is 25.7 Å². The van der Waals surface area contributed by atoms with Crippen LogP contribution in [0.5, 0.6) is 0 Å². The number of amides is 1. The molecule has 1 atom stereocenters. The van der Waals surface area contributed by atoms with Gasteiger partial charge in [-0.25, -0.2) is 9.97 Å². The molecule has 0 aliphatic carbocycles. The van der Waals surface area contributed by atoms with Gasteiger partial charge in [0.05, 0.1) is 11.6 Å². The minimum Gasteiger partial charge on any atom is -0.356 e. The van der Waals surface area contributed by atoms with E-state index in [1.165, 1.54) is 5.56 Å². The largest absolute Gasteiger partial charge is 0.356 e. The molecule has 0 bridgehead atoms. The molecule has 0 radical (unpaired) electrons. The van der Waals surface area contributed by atoms with Crippen LogP contribution in [-0.2, 0) is 11.2 Å². The van der Waals surface area contributed by atoms with E-state index in [1.807, 2.05) is 42.5 Å². The zero-order valence-corrected chi connectivity index (χ0v) is 17.2. The van der Waals surface area contributed by atoms with Crippen molar-refractivity contribution in [1.29, 1.82) is 0 Å². The fourth-order valence-electron chi connectivity index (χ4n) is 3.98. The number of aryl methyl sites for hydroxylation is 1. The van der Waals surface area contributed by atoms with Gasteiger partial charge in [0.1, 0.15) is 12.1 Å². The first kappa shape index (κ1) is 20.1. The average molecular weight is 401 g/mol. The van der Waals surface area contributed by atoms with Crippen LogP contribution >= 0.6 is 0 Å². The number of carbonyl (C=O) groups excluding carboxylic acids is 1. The molecule has 1 saturated heterocycles. The molecule has 5 nitrogen and oxygen atoms in total. The van der Waals surface area contributed by atoms with Crippen LogP contribution in [-0.4, -0.2) is 35.5 Å². The van der Waals surface area contributed by atoms with Gasteiger partial charge < -0.3 is 10.2 Å². The maximum atomic E-state index is 12.7. The van der Waals surface area contributed by atoms with E-state index in [2.05, 4.69) is 44.5 Å². The molecule has 1 unspecified atom stereocenters. The fourth-order valence-corrected chi connectivity index (χ4v) is 3.98. The lowest BCUT2D eigenvalue weighted by Crippen LogP contribution is -2.43. The van der Waals surface area contributed by atoms with Crippen LogP contribution in [0.1, 0.15) is 24.8 Å². The first-order valence-corrected chi connectivity index (χ1v) is 10.7. The van der Waals surface area contributed by atoms with E-state index in [1.54, 1.807) is 6.33 Å². The number of anilines is 1. The summed E-state index contributed by atoms with van der Waals surface area (Å²) in [4.78, 5) is 23.8. The Hall–Kier alpha value is -3.21. The van der Waals surface area contributed by atoms with Crippen LogP contribution in [0.2, 0.25) is 0 Å². The monoisotopic (exact) mass is 400 g/mol. The number of hydrogen-bond donors (Lipinski definition) is 1. The van der Waals surface area contributed by atoms with Crippen molar-refractivity contribution in [3.05, 3.63) is 78.6 Å². The zero-order valence-electron chi connectivity index (χ0n) is 17.2. The molecule has 0 spiro atoms. The molecule has 3 aromatic rings. The highest BCUT2D eigenvalue weighted by Gasteiger charge is 2.26. The molecule has 30 heavy (non-hydrogen) atoms. The van der Waals surface area contributed by atoms with Crippen molar-refractivity contribution >= 4 is 11.7 Å². The molecule has 2 heterocycles. The first-order valence-electron chi connectivity index (χ1n) is 10.7. The predicted molar refractivity (Wildman–Crippen MR) is 120 cm³/mol. The Morgan fingerprint density at radius 1 is 1.03 bits per heavy atom. The fraction of sp³-hybridized carbons (Fsp3) is 0.320. The Labute approximate surface area is 178 Å². The van der Waals surface area contributed by atoms with Crippen LogP contribution in [0.15, 0.2) is 73.1 Å². The third-order valence-corrected chi connectivity index (χ3v) is 5.62. The number of nitrogens with zero attached hydrogens (tertiary/aromatic N) is 3. The number of hydrogen-bond acceptors (Lipinski definition) is 4. The van der Waals surface area contributed by atoms with Crippen LogP contribution in [0.4, 0.5) is 5.82 Å². The summed E-state index contributed by atoms with van der Waals surface area (Å²) >= 11 is 0. The lowest BCUT2D eigenvalue weighted by Gasteiger charge is -2.33. The summed E-state index contributed by atoms with van der Waals surface area (Å²) in [6, 6.07) is 22.5. The molecule has 0 saturated carbocycles. The minimum atomic E-state index is 0.00520. The van der Waals surface area contributed by atoms with Gasteiger partial charge in [-0.2, -0.15) is 0 Å². The Morgan fingerprint density at radius 3 is 2.60 bits per heavy atom. The molecule has 1 N–H and O–H groups in total. The van der Waals surface area contributed by atoms with Gasteiger partial charge in [-0.05, 0) is 31.2 Å². The number of rotatable bonds is 7. The Bertz CT molecular complexity index is 946. The Morgan fingerprint density at radius 2 is 1.80 bits per heavy atom. The van der Waals surface area contributed by atoms with E-state index < -0.39 is 0 Å². The van der Waals surface area contributed by atoms with Gasteiger partial charge in [-0.15, -0.1) is 0 Å². The lowest BCUT2D eigenvalue weighted by molar-refractivity contribution is -0.125. The third kappa shape index (κ3) is 5.23. The number of nitrogens with one attached hydrogen (secondary N) is 1. The van der Waals surface area contributed by atoms with Gasteiger partial charge in [0.15, 0.2) is 0 Å². The smallest absolute Gasteiger partial charge is 0.224 e. The minimum absolute atomic E-state index is 0.00520. The van der Waals surface area contributed by atoms with Crippen molar-refractivity contribution < 1.29 is 4.79 Å². The van der Waals surface area contributed by atoms with E-state index in [0.29, 0.717) is 6.54 Å². The molecule has 1 aliphatic heterocycles. The number of piperidine rings is 1. The van der Waals surface area contributed by atoms with Crippen molar-refractivity contribution in [2.75, 3.05) is 24.5 Å². The van der Waals surface area contributed by atoms with Gasteiger partial charge in [0.25, 0.3) is 0 Å². The number of benzene rings is 2. The standard InChI is InChI=1S/C25H28N4O/c30-25(26-15-7-11-20-9-3-1-4-10-20)22-14-8-16-29(18-22)24-17-23(27-19-28-24)21-12-5-2-6-13-21/h1-6,9-10,12-13,17,19,22H,7-8,11,14-16,18H2,(H,26,30). The quantitative estimate of drug-likeness (QED) is 0.607. The molecule has 4 rings (SSSR count). The average Bonchev–Trinajstić information content (AvgIpc) is 2.83. The van der Waals surface area contributed by atoms with Gasteiger partial charge in [-0.3, -0.25) is 4.79 Å². The van der Waals surface area contributed by atoms with Gasteiger partial charge in [0.2, 0.25) is 5.91 Å². The van der Waals surface area contributed by atoms with Gasteiger partial charge >= 0.3 is 0 Å². The molecule has 5 heteroatoms. The van der Waals surface area contributed by atoms with Gasteiger partial charge in [0, 0.05) is 31.3 Å². The number of carbonyl (C=O) groups is 1. The summed E-state index contributed by atoms with van der Waals surface area (Å²) in [7, 11) is 0. The normalized spacial score (nSPS) is 16.3. The van der Waals surface area contributed by atoms with Crippen molar-refractivity contribution in [3.63, 3.8) is 0 Å². The lowest BCUT2D eigenvalue weighted by atomic mass is 9.97. The summed E-state index contributed by atoms with van der Waals surface area (Å²) < 4.78 is 0. The summed E-state index contributed by atoms with van der Waals surface area (Å²) in [6.07, 6.45) is 5.48. The molecule has 1 amide bonds. The van der Waals surface area contributed by atoms with Gasteiger partial charge in [-0.1, -0.05) is 60.7 Å². The highest BCUT2D eigenvalue weighted by Crippen LogP contribution is 2.25. The van der Waals surface area contributed by atoms with Crippen LogP contribution in [0.3, 0.4) is 0 Å². The molecule has 154 valence electrons. The van der Waals surface area contributed by atoms with E-state index in [4.69, 9.17) is 0 Å². The maximum Gasteiger partial charge on any atom is 0.224 e. The molecular weight excluding hydrogens is 372 g/mol. The molecule has 1 aliphatic rings. The summed E-state index contributed by atoms with van der Waals surface area (Å²) in [5.74, 6) is 1.06. The highest BCUT2D eigenvalue weighted by atomic mass is 16.1. The summed E-state index contributed by atoms with van der Waals surface area (Å²) in [5.41, 5.74) is 3.30. The summed E-state index contributed by atoms with van der Waals surface area (Å²) in [5, 5.41) is 3.13. The van der Waals surface area contributed by atoms with E-state index in [0.717, 1.165) is 55.8 Å². The topological polar surface area (TPSA) is 58.1 Å². The first-order chi connectivity index (χ1) is 14.8. The van der Waals surface area contributed by atoms with E-state index >= 15 is 0 Å². The summed E-state index contributed by atoms with van der Waals surface area (Å²) in [6.45, 7) is 2.34. The molecule has 1 fully saturated rings. The van der Waals surface area contributed by atoms with Crippen molar-refractivity contribution in [2.24, 2.45) is 5.92 Å². The SMILES string of the molecule is O=C(NCCCc1ccccc1)C1CCCN(c2cc(-c3ccccc3)ncn2)C1. The van der Waals surface area contributed by atoms with E-state index in [9.17, 15) is 4.79 Å². The number of aromatic nitrogens is 2. The molecule has 2 aromatic carbocycles. The zero-order chi connectivity index (χ0) is 20.6. The van der Waals surface area contributed by atoms with Crippen molar-refractivity contribution in [3.8, 4) is 11.3 Å². The Balaban J connectivity index is 1.31. The predicted octanol–water partition coefficient (Wildman–Crippen LogP) is 4.11. The highest BCUT2D eigenvalue weighted by molar-refractivity contribution is 5.79. The molecule has 1 aromatic heterocycles. The van der Waals surface area contributed by atoms with Crippen LogP contribution in [0, 0.1) is 5.92 Å². The van der Waals surface area contributed by atoms with Crippen LogP contribution in [0.25, 0.3) is 11.3 Å². The third-order valence-electron chi connectivity index (χ3n) is 5.62. The van der Waals surface area contributed by atoms with E-state index in [-0.39, 0.29) is 11.8 Å². The molecular formula is C25H28N4O. The second-order valence-electron chi connectivity index (χ2n) is 7.79. The maximum absolute atomic E-state index is 12.7.